The lowest BCUT2D eigenvalue weighted by atomic mass is 10.1. The number of rotatable bonds is 0. The summed E-state index contributed by atoms with van der Waals surface area (Å²) in [4.78, 5) is 12.6. The van der Waals surface area contributed by atoms with Crippen LogP contribution in [0.2, 0.25) is 0 Å². The highest BCUT2D eigenvalue weighted by Crippen LogP contribution is 2.36. The van der Waals surface area contributed by atoms with E-state index in [-0.39, 0.29) is 5.91 Å². The summed E-state index contributed by atoms with van der Waals surface area (Å²) in [6, 6.07) is 0. The molecule has 0 aromatic heterocycles. The number of hydrogen-bond acceptors (Lipinski definition) is 2. The van der Waals surface area contributed by atoms with Gasteiger partial charge >= 0.3 is 0 Å². The molecule has 56 valence electrons. The summed E-state index contributed by atoms with van der Waals surface area (Å²) in [7, 11) is 0. The van der Waals surface area contributed by atoms with Gasteiger partial charge in [-0.2, -0.15) is 0 Å². The first kappa shape index (κ1) is 6.16. The number of carbonyl (C=O) groups is 1. The second-order valence-corrected chi connectivity index (χ2v) is 3.13. The van der Waals surface area contributed by atoms with E-state index >= 15 is 0 Å². The smallest absolute Gasteiger partial charge is 0.224 e. The van der Waals surface area contributed by atoms with Crippen molar-refractivity contribution in [1.29, 1.82) is 0 Å². The molecule has 0 saturated carbocycles. The highest BCUT2D eigenvalue weighted by molar-refractivity contribution is 5.79. The van der Waals surface area contributed by atoms with E-state index in [1.165, 1.54) is 0 Å². The molecule has 1 N–H and O–H groups in total. The minimum absolute atomic E-state index is 0.125. The fraction of sp³-hybridized carbons (Fsp3) is 0.857. The van der Waals surface area contributed by atoms with E-state index in [9.17, 15) is 9.90 Å². The van der Waals surface area contributed by atoms with Gasteiger partial charge in [0.05, 0.1) is 0 Å². The minimum Gasteiger partial charge on any atom is -0.371 e. The molecule has 2 aliphatic heterocycles. The maximum atomic E-state index is 11.0. The number of amides is 1. The molecule has 0 aliphatic carbocycles. The number of fused-ring (bicyclic) bond motifs is 1. The Kier molecular flexibility index (Phi) is 1.06. The summed E-state index contributed by atoms with van der Waals surface area (Å²) in [5.41, 5.74) is -0.739. The lowest BCUT2D eigenvalue weighted by Crippen LogP contribution is -2.39. The van der Waals surface area contributed by atoms with Gasteiger partial charge in [0.1, 0.15) is 5.72 Å². The van der Waals surface area contributed by atoms with Crippen LogP contribution in [-0.4, -0.2) is 28.2 Å². The molecular formula is C7H11NO2. The molecule has 0 aromatic rings. The van der Waals surface area contributed by atoms with Gasteiger partial charge in [-0.1, -0.05) is 0 Å². The Balaban J connectivity index is 2.27. The predicted octanol–water partition coefficient (Wildman–Crippen LogP) is 0.0912. The van der Waals surface area contributed by atoms with Gasteiger partial charge in [0.2, 0.25) is 5.91 Å². The third-order valence-corrected chi connectivity index (χ3v) is 2.50. The van der Waals surface area contributed by atoms with Gasteiger partial charge in [-0.15, -0.1) is 0 Å². The van der Waals surface area contributed by atoms with Crippen LogP contribution in [0, 0.1) is 0 Å². The van der Waals surface area contributed by atoms with E-state index < -0.39 is 5.72 Å². The Hall–Kier alpha value is -0.570. The van der Waals surface area contributed by atoms with Crippen molar-refractivity contribution in [3.63, 3.8) is 0 Å². The number of aliphatic hydroxyl groups is 1. The van der Waals surface area contributed by atoms with Gasteiger partial charge in [-0.3, -0.25) is 4.79 Å². The van der Waals surface area contributed by atoms with Crippen molar-refractivity contribution < 1.29 is 9.90 Å². The Morgan fingerprint density at radius 3 is 3.00 bits per heavy atom. The van der Waals surface area contributed by atoms with Crippen molar-refractivity contribution in [2.45, 2.75) is 31.4 Å². The molecule has 0 radical (unpaired) electrons. The summed E-state index contributed by atoms with van der Waals surface area (Å²) in [5.74, 6) is 0.125. The zero-order chi connectivity index (χ0) is 7.19. The third kappa shape index (κ3) is 0.611. The largest absolute Gasteiger partial charge is 0.371 e. The van der Waals surface area contributed by atoms with Crippen LogP contribution in [0.15, 0.2) is 0 Å². The summed E-state index contributed by atoms with van der Waals surface area (Å²) < 4.78 is 0. The molecule has 2 aliphatic rings. The van der Waals surface area contributed by atoms with Crippen molar-refractivity contribution in [1.82, 2.24) is 4.90 Å². The zero-order valence-corrected chi connectivity index (χ0v) is 5.84. The van der Waals surface area contributed by atoms with Crippen molar-refractivity contribution >= 4 is 5.91 Å². The highest BCUT2D eigenvalue weighted by atomic mass is 16.3. The number of nitrogens with zero attached hydrogens (tertiary/aromatic N) is 1. The average molecular weight is 141 g/mol. The van der Waals surface area contributed by atoms with Crippen LogP contribution in [0.5, 0.6) is 0 Å². The van der Waals surface area contributed by atoms with E-state index in [0.29, 0.717) is 12.8 Å². The van der Waals surface area contributed by atoms with E-state index in [1.54, 1.807) is 4.90 Å². The van der Waals surface area contributed by atoms with Gasteiger partial charge in [0, 0.05) is 19.4 Å². The minimum atomic E-state index is -0.739. The molecule has 2 saturated heterocycles. The predicted molar refractivity (Wildman–Crippen MR) is 35.1 cm³/mol. The molecule has 0 bridgehead atoms. The fourth-order valence-corrected chi connectivity index (χ4v) is 1.92. The monoisotopic (exact) mass is 141 g/mol. The summed E-state index contributed by atoms with van der Waals surface area (Å²) in [5, 5.41) is 9.71. The van der Waals surface area contributed by atoms with Crippen LogP contribution in [0.4, 0.5) is 0 Å². The molecule has 2 fully saturated rings. The number of carbonyl (C=O) groups excluding carboxylic acids is 1. The fourth-order valence-electron chi connectivity index (χ4n) is 1.92. The molecule has 0 aromatic carbocycles. The van der Waals surface area contributed by atoms with Gasteiger partial charge < -0.3 is 10.0 Å². The summed E-state index contributed by atoms with van der Waals surface area (Å²) in [6.45, 7) is 0.759. The Morgan fingerprint density at radius 1 is 1.50 bits per heavy atom. The maximum absolute atomic E-state index is 11.0. The van der Waals surface area contributed by atoms with E-state index in [1.807, 2.05) is 0 Å². The third-order valence-electron chi connectivity index (χ3n) is 2.50. The van der Waals surface area contributed by atoms with E-state index in [2.05, 4.69) is 0 Å². The van der Waals surface area contributed by atoms with Gasteiger partial charge in [-0.25, -0.2) is 0 Å². The molecule has 1 amide bonds. The van der Waals surface area contributed by atoms with Gasteiger partial charge in [-0.05, 0) is 12.8 Å². The van der Waals surface area contributed by atoms with Crippen molar-refractivity contribution in [2.24, 2.45) is 0 Å². The molecule has 10 heavy (non-hydrogen) atoms. The van der Waals surface area contributed by atoms with Crippen molar-refractivity contribution in [2.75, 3.05) is 6.54 Å². The quantitative estimate of drug-likeness (QED) is 0.519. The maximum Gasteiger partial charge on any atom is 0.224 e. The van der Waals surface area contributed by atoms with Crippen LogP contribution in [-0.2, 0) is 4.79 Å². The molecule has 2 rings (SSSR count). The molecule has 0 spiro atoms. The van der Waals surface area contributed by atoms with Gasteiger partial charge in [0.15, 0.2) is 0 Å². The first-order valence-corrected chi connectivity index (χ1v) is 3.75. The molecule has 2 heterocycles. The van der Waals surface area contributed by atoms with Crippen LogP contribution >= 0.6 is 0 Å². The normalized spacial score (nSPS) is 38.9. The second-order valence-electron chi connectivity index (χ2n) is 3.13. The van der Waals surface area contributed by atoms with Crippen LogP contribution < -0.4 is 0 Å². The Bertz CT molecular complexity index is 180. The topological polar surface area (TPSA) is 40.5 Å². The van der Waals surface area contributed by atoms with E-state index in [0.717, 1.165) is 19.4 Å². The van der Waals surface area contributed by atoms with Crippen LogP contribution in [0.25, 0.3) is 0 Å². The molecule has 0 unspecified atom stereocenters. The van der Waals surface area contributed by atoms with Crippen molar-refractivity contribution in [3.8, 4) is 0 Å². The summed E-state index contributed by atoms with van der Waals surface area (Å²) in [6.07, 6.45) is 2.92. The molecule has 1 atom stereocenters. The van der Waals surface area contributed by atoms with Crippen LogP contribution in [0.1, 0.15) is 25.7 Å². The van der Waals surface area contributed by atoms with Crippen molar-refractivity contribution in [3.05, 3.63) is 0 Å². The molecule has 3 nitrogen and oxygen atoms in total. The second kappa shape index (κ2) is 1.72. The number of hydrogen-bond donors (Lipinski definition) is 1. The van der Waals surface area contributed by atoms with E-state index in [4.69, 9.17) is 0 Å². The average Bonchev–Trinajstić information content (AvgIpc) is 2.35. The first-order valence-electron chi connectivity index (χ1n) is 3.75. The molecular weight excluding hydrogens is 130 g/mol. The molecule has 3 heteroatoms. The zero-order valence-electron chi connectivity index (χ0n) is 5.84. The highest BCUT2D eigenvalue weighted by Gasteiger charge is 2.46. The standard InChI is InChI=1S/C7H11NO2/c9-6-2-4-7(10)3-1-5-8(6)7/h10H,1-5H2/t7-/m1/s1. The lowest BCUT2D eigenvalue weighted by molar-refractivity contribution is -0.138. The lowest BCUT2D eigenvalue weighted by Gasteiger charge is -2.24. The van der Waals surface area contributed by atoms with Gasteiger partial charge in [0.25, 0.3) is 0 Å². The Labute approximate surface area is 59.6 Å². The SMILES string of the molecule is O=C1CC[C@]2(O)CCCN12. The Morgan fingerprint density at radius 2 is 2.30 bits per heavy atom. The first-order chi connectivity index (χ1) is 4.72. The van der Waals surface area contributed by atoms with Crippen LogP contribution in [0.3, 0.4) is 0 Å². The summed E-state index contributed by atoms with van der Waals surface area (Å²) >= 11 is 0.